The quantitative estimate of drug-likeness (QED) is 0.580. The number of aromatic nitrogens is 3. The number of anilines is 1. The maximum Gasteiger partial charge on any atom is 0.276 e. The predicted molar refractivity (Wildman–Crippen MR) is 97.9 cm³/mol. The van der Waals surface area contributed by atoms with Gasteiger partial charge in [0.25, 0.3) is 5.56 Å². The topological polar surface area (TPSA) is 79.8 Å². The Morgan fingerprint density at radius 2 is 2.04 bits per heavy atom. The lowest BCUT2D eigenvalue weighted by Gasteiger charge is -2.06. The zero-order valence-corrected chi connectivity index (χ0v) is 14.0. The SMILES string of the molecule is O=C(Cn1[nH]c2c(cnc3ccc(Cl)cc32)c1=O)Nc1ccccc1F. The molecule has 130 valence electrons. The smallest absolute Gasteiger partial charge is 0.276 e. The van der Waals surface area contributed by atoms with Crippen molar-refractivity contribution in [2.75, 3.05) is 5.32 Å². The molecule has 0 spiro atoms. The molecule has 0 bridgehead atoms. The molecular formula is C18H12ClFN4O2. The van der Waals surface area contributed by atoms with E-state index in [1.165, 1.54) is 24.4 Å². The highest BCUT2D eigenvalue weighted by Crippen LogP contribution is 2.23. The normalized spacial score (nSPS) is 11.2. The maximum absolute atomic E-state index is 13.6. The van der Waals surface area contributed by atoms with Crippen LogP contribution in [-0.2, 0) is 11.3 Å². The number of nitrogens with one attached hydrogen (secondary N) is 2. The van der Waals surface area contributed by atoms with Crippen molar-refractivity contribution < 1.29 is 9.18 Å². The van der Waals surface area contributed by atoms with E-state index in [9.17, 15) is 14.0 Å². The van der Waals surface area contributed by atoms with Crippen LogP contribution in [0.25, 0.3) is 21.8 Å². The molecule has 0 radical (unpaired) electrons. The Hall–Kier alpha value is -3.19. The predicted octanol–water partition coefficient (Wildman–Crippen LogP) is 3.31. The summed E-state index contributed by atoms with van der Waals surface area (Å²) in [5, 5.41) is 6.90. The van der Waals surface area contributed by atoms with Gasteiger partial charge < -0.3 is 5.32 Å². The van der Waals surface area contributed by atoms with Gasteiger partial charge in [-0.05, 0) is 30.3 Å². The van der Waals surface area contributed by atoms with E-state index in [1.54, 1.807) is 24.3 Å². The molecule has 2 aromatic carbocycles. The van der Waals surface area contributed by atoms with Crippen LogP contribution in [-0.4, -0.2) is 20.7 Å². The molecule has 0 aliphatic carbocycles. The van der Waals surface area contributed by atoms with E-state index in [1.807, 2.05) is 0 Å². The second-order valence-corrected chi connectivity index (χ2v) is 6.18. The van der Waals surface area contributed by atoms with Gasteiger partial charge in [0.15, 0.2) is 0 Å². The summed E-state index contributed by atoms with van der Waals surface area (Å²) in [6.45, 7) is -0.288. The molecular weight excluding hydrogens is 359 g/mol. The number of para-hydroxylation sites is 1. The van der Waals surface area contributed by atoms with Crippen LogP contribution in [0.5, 0.6) is 0 Å². The van der Waals surface area contributed by atoms with Gasteiger partial charge in [-0.2, -0.15) is 0 Å². The van der Waals surface area contributed by atoms with Gasteiger partial charge in [-0.15, -0.1) is 0 Å². The zero-order chi connectivity index (χ0) is 18.3. The minimum absolute atomic E-state index is 0.0561. The second-order valence-electron chi connectivity index (χ2n) is 5.74. The number of benzene rings is 2. The maximum atomic E-state index is 13.6. The van der Waals surface area contributed by atoms with E-state index >= 15 is 0 Å². The van der Waals surface area contributed by atoms with Crippen molar-refractivity contribution in [3.63, 3.8) is 0 Å². The first-order chi connectivity index (χ1) is 12.5. The van der Waals surface area contributed by atoms with Crippen LogP contribution in [0.4, 0.5) is 10.1 Å². The van der Waals surface area contributed by atoms with E-state index in [-0.39, 0.29) is 12.2 Å². The fraction of sp³-hybridized carbons (Fsp3) is 0.0556. The number of hydrogen-bond acceptors (Lipinski definition) is 3. The molecule has 2 N–H and O–H groups in total. The van der Waals surface area contributed by atoms with Crippen LogP contribution in [0.1, 0.15) is 0 Å². The summed E-state index contributed by atoms with van der Waals surface area (Å²) in [7, 11) is 0. The summed E-state index contributed by atoms with van der Waals surface area (Å²) in [4.78, 5) is 28.9. The van der Waals surface area contributed by atoms with Gasteiger partial charge >= 0.3 is 0 Å². The van der Waals surface area contributed by atoms with Gasteiger partial charge in [-0.3, -0.25) is 19.7 Å². The molecule has 26 heavy (non-hydrogen) atoms. The number of nitrogens with zero attached hydrogens (tertiary/aromatic N) is 2. The van der Waals surface area contributed by atoms with Gasteiger partial charge in [0, 0.05) is 16.6 Å². The Morgan fingerprint density at radius 3 is 2.85 bits per heavy atom. The minimum atomic E-state index is -0.547. The lowest BCUT2D eigenvalue weighted by molar-refractivity contribution is -0.117. The molecule has 1 amide bonds. The highest BCUT2D eigenvalue weighted by atomic mass is 35.5. The summed E-state index contributed by atoms with van der Waals surface area (Å²) in [6, 6.07) is 11.0. The second kappa shape index (κ2) is 6.27. The van der Waals surface area contributed by atoms with Crippen molar-refractivity contribution in [3.8, 4) is 0 Å². The number of fused-ring (bicyclic) bond motifs is 3. The first kappa shape index (κ1) is 16.3. The third kappa shape index (κ3) is 2.82. The number of pyridine rings is 1. The molecule has 0 saturated heterocycles. The lowest BCUT2D eigenvalue weighted by atomic mass is 10.2. The number of aromatic amines is 1. The minimum Gasteiger partial charge on any atom is -0.322 e. The number of amides is 1. The largest absolute Gasteiger partial charge is 0.322 e. The summed E-state index contributed by atoms with van der Waals surface area (Å²) in [5.41, 5.74) is 0.880. The van der Waals surface area contributed by atoms with Crippen molar-refractivity contribution in [2.45, 2.75) is 6.54 Å². The van der Waals surface area contributed by atoms with Crippen molar-refractivity contribution in [2.24, 2.45) is 0 Å². The Labute approximate surface area is 151 Å². The van der Waals surface area contributed by atoms with E-state index < -0.39 is 17.3 Å². The fourth-order valence-electron chi connectivity index (χ4n) is 2.79. The van der Waals surface area contributed by atoms with Crippen molar-refractivity contribution in [3.05, 3.63) is 69.9 Å². The van der Waals surface area contributed by atoms with Crippen LogP contribution in [0.15, 0.2) is 53.5 Å². The van der Waals surface area contributed by atoms with Crippen molar-refractivity contribution in [1.29, 1.82) is 0 Å². The van der Waals surface area contributed by atoms with Crippen molar-refractivity contribution >= 4 is 45.0 Å². The average Bonchev–Trinajstić information content (AvgIpc) is 2.93. The molecule has 4 rings (SSSR count). The first-order valence-electron chi connectivity index (χ1n) is 7.74. The molecule has 6 nitrogen and oxygen atoms in total. The summed E-state index contributed by atoms with van der Waals surface area (Å²) in [6.07, 6.45) is 1.45. The molecule has 2 aromatic heterocycles. The number of carbonyl (C=O) groups excluding carboxylic acids is 1. The summed E-state index contributed by atoms with van der Waals surface area (Å²) >= 11 is 6.03. The zero-order valence-electron chi connectivity index (χ0n) is 13.3. The average molecular weight is 371 g/mol. The van der Waals surface area contributed by atoms with Crippen LogP contribution in [0, 0.1) is 5.82 Å². The molecule has 0 aliphatic rings. The van der Waals surface area contributed by atoms with Gasteiger partial charge in [-0.1, -0.05) is 23.7 Å². The molecule has 0 aliphatic heterocycles. The van der Waals surface area contributed by atoms with Crippen LogP contribution < -0.4 is 10.9 Å². The van der Waals surface area contributed by atoms with Gasteiger partial charge in [0.2, 0.25) is 5.91 Å². The fourth-order valence-corrected chi connectivity index (χ4v) is 2.96. The van der Waals surface area contributed by atoms with Gasteiger partial charge in [-0.25, -0.2) is 9.07 Å². The number of carbonyl (C=O) groups is 1. The summed E-state index contributed by atoms with van der Waals surface area (Å²) < 4.78 is 14.8. The third-order valence-corrected chi connectivity index (χ3v) is 4.24. The molecule has 0 atom stereocenters. The number of halogens is 2. The van der Waals surface area contributed by atoms with Crippen LogP contribution in [0.2, 0.25) is 5.02 Å². The number of rotatable bonds is 3. The number of H-pyrrole nitrogens is 1. The third-order valence-electron chi connectivity index (χ3n) is 4.00. The van der Waals surface area contributed by atoms with Crippen LogP contribution in [0.3, 0.4) is 0 Å². The molecule has 4 aromatic rings. The first-order valence-corrected chi connectivity index (χ1v) is 8.12. The van der Waals surface area contributed by atoms with E-state index in [4.69, 9.17) is 11.6 Å². The highest BCUT2D eigenvalue weighted by molar-refractivity contribution is 6.31. The molecule has 0 saturated carbocycles. The van der Waals surface area contributed by atoms with E-state index in [0.717, 1.165) is 4.68 Å². The molecule has 8 heteroatoms. The molecule has 0 unspecified atom stereocenters. The lowest BCUT2D eigenvalue weighted by Crippen LogP contribution is -2.26. The van der Waals surface area contributed by atoms with E-state index in [0.29, 0.717) is 26.8 Å². The summed E-state index contributed by atoms with van der Waals surface area (Å²) in [5.74, 6) is -1.08. The van der Waals surface area contributed by atoms with Crippen molar-refractivity contribution in [1.82, 2.24) is 14.8 Å². The van der Waals surface area contributed by atoms with Gasteiger partial charge in [0.1, 0.15) is 12.4 Å². The molecule has 0 fully saturated rings. The Kier molecular flexibility index (Phi) is 3.93. The Balaban J connectivity index is 1.71. The standard InChI is InChI=1S/C18H12ClFN4O2/c19-10-5-6-14-11(7-10)17-12(8-21-14)18(26)24(23-17)9-16(25)22-15-4-2-1-3-13(15)20/h1-8,23H,9H2,(H,22,25). The Morgan fingerprint density at radius 1 is 1.23 bits per heavy atom. The Bertz CT molecular complexity index is 1210. The van der Waals surface area contributed by atoms with Crippen LogP contribution >= 0.6 is 11.6 Å². The number of hydrogen-bond donors (Lipinski definition) is 2. The molecule has 2 heterocycles. The van der Waals surface area contributed by atoms with E-state index in [2.05, 4.69) is 15.4 Å². The monoisotopic (exact) mass is 370 g/mol. The highest BCUT2D eigenvalue weighted by Gasteiger charge is 2.14. The van der Waals surface area contributed by atoms with Gasteiger partial charge in [0.05, 0.1) is 22.1 Å².